The normalized spacial score (nSPS) is 12.0. The summed E-state index contributed by atoms with van der Waals surface area (Å²) in [6.07, 6.45) is 0. The van der Waals surface area contributed by atoms with Crippen LogP contribution in [0.15, 0.2) is 107 Å². The number of nitrogens with zero attached hydrogens (tertiary/aromatic N) is 2. The monoisotopic (exact) mass is 469 g/mol. The first kappa shape index (κ1) is 21.2. The van der Waals surface area contributed by atoms with Gasteiger partial charge in [-0.1, -0.05) is 90.6 Å². The van der Waals surface area contributed by atoms with Gasteiger partial charge in [-0.25, -0.2) is 4.98 Å². The minimum Gasteiger partial charge on any atom is -0.368 e. The van der Waals surface area contributed by atoms with E-state index in [4.69, 9.17) is 10.7 Å². The molecule has 1 atom stereocenters. The molecule has 2 aromatic heterocycles. The second-order valence-electron chi connectivity index (χ2n) is 7.38. The van der Waals surface area contributed by atoms with Gasteiger partial charge >= 0.3 is 0 Å². The second-order valence-corrected chi connectivity index (χ2v) is 9.48. The molecule has 0 aliphatic rings. The summed E-state index contributed by atoms with van der Waals surface area (Å²) in [7, 11) is 0. The van der Waals surface area contributed by atoms with Gasteiger partial charge in [-0.05, 0) is 29.3 Å². The summed E-state index contributed by atoms with van der Waals surface area (Å²) in [5, 5.41) is 0.286. The predicted molar refractivity (Wildman–Crippen MR) is 135 cm³/mol. The average Bonchev–Trinajstić information content (AvgIpc) is 3.29. The van der Waals surface area contributed by atoms with Crippen LogP contribution in [0.4, 0.5) is 0 Å². The zero-order chi connectivity index (χ0) is 22.8. The van der Waals surface area contributed by atoms with Crippen molar-refractivity contribution in [3.05, 3.63) is 113 Å². The molecule has 0 radical (unpaired) electrons. The molecule has 162 valence electrons. The quantitative estimate of drug-likeness (QED) is 0.266. The molecule has 0 aliphatic carbocycles. The Morgan fingerprint density at radius 2 is 1.52 bits per heavy atom. The van der Waals surface area contributed by atoms with Crippen LogP contribution in [0.25, 0.3) is 26.3 Å². The van der Waals surface area contributed by atoms with Crippen LogP contribution in [-0.4, -0.2) is 15.5 Å². The van der Waals surface area contributed by atoms with E-state index in [1.165, 1.54) is 23.1 Å². The van der Waals surface area contributed by atoms with E-state index in [1.54, 1.807) is 4.57 Å². The SMILES string of the molecule is NC(=O)C(Sc1nc2sc(-c3ccccc3)cc2c(=O)n1-c1ccccc1)c1ccccc1. The van der Waals surface area contributed by atoms with Crippen LogP contribution in [0, 0.1) is 0 Å². The summed E-state index contributed by atoms with van der Waals surface area (Å²) in [4.78, 5) is 32.5. The van der Waals surface area contributed by atoms with Crippen molar-refractivity contribution in [2.24, 2.45) is 5.73 Å². The fourth-order valence-electron chi connectivity index (χ4n) is 3.61. The molecule has 5 aromatic rings. The standard InChI is InChI=1S/C26H19N3O2S2/c27-23(30)22(18-12-6-2-7-13-18)33-26-28-24-20(16-21(32-24)17-10-4-1-5-11-17)25(31)29(26)19-14-8-3-9-15-19/h1-16,22H,(H2,27,30). The van der Waals surface area contributed by atoms with Gasteiger partial charge in [-0.15, -0.1) is 11.3 Å². The first-order chi connectivity index (χ1) is 16.1. The van der Waals surface area contributed by atoms with Gasteiger partial charge in [-0.2, -0.15) is 0 Å². The number of thiophene rings is 1. The molecule has 0 aliphatic heterocycles. The van der Waals surface area contributed by atoms with Gasteiger partial charge in [0.05, 0.1) is 11.1 Å². The lowest BCUT2D eigenvalue weighted by Crippen LogP contribution is -2.24. The van der Waals surface area contributed by atoms with E-state index < -0.39 is 11.2 Å². The van der Waals surface area contributed by atoms with Crippen LogP contribution in [-0.2, 0) is 4.79 Å². The molecule has 5 nitrogen and oxygen atoms in total. The Morgan fingerprint density at radius 1 is 0.909 bits per heavy atom. The molecule has 0 fully saturated rings. The number of thioether (sulfide) groups is 1. The van der Waals surface area contributed by atoms with E-state index in [0.717, 1.165) is 16.0 Å². The summed E-state index contributed by atoms with van der Waals surface area (Å²) in [6.45, 7) is 0. The number of hydrogen-bond donors (Lipinski definition) is 1. The minimum atomic E-state index is -0.681. The second kappa shape index (κ2) is 9.05. The summed E-state index contributed by atoms with van der Waals surface area (Å²) >= 11 is 2.65. The van der Waals surface area contributed by atoms with E-state index in [9.17, 15) is 9.59 Å². The Hall–Kier alpha value is -3.68. The molecule has 1 unspecified atom stereocenters. The van der Waals surface area contributed by atoms with Crippen molar-refractivity contribution in [3.8, 4) is 16.1 Å². The van der Waals surface area contributed by atoms with Gasteiger partial charge in [0.1, 0.15) is 10.1 Å². The van der Waals surface area contributed by atoms with Crippen molar-refractivity contribution in [2.45, 2.75) is 10.4 Å². The topological polar surface area (TPSA) is 78.0 Å². The zero-order valence-corrected chi connectivity index (χ0v) is 19.1. The molecule has 7 heteroatoms. The maximum atomic E-state index is 13.7. The summed E-state index contributed by atoms with van der Waals surface area (Å²) in [5.74, 6) is -0.490. The van der Waals surface area contributed by atoms with E-state index in [1.807, 2.05) is 97.1 Å². The number of primary amides is 1. The number of carbonyl (C=O) groups is 1. The van der Waals surface area contributed by atoms with Crippen LogP contribution in [0.5, 0.6) is 0 Å². The van der Waals surface area contributed by atoms with E-state index in [-0.39, 0.29) is 5.56 Å². The maximum absolute atomic E-state index is 13.7. The average molecular weight is 470 g/mol. The number of amides is 1. The van der Waals surface area contributed by atoms with Crippen LogP contribution < -0.4 is 11.3 Å². The lowest BCUT2D eigenvalue weighted by molar-refractivity contribution is -0.117. The number of carbonyl (C=O) groups excluding carboxylic acids is 1. The minimum absolute atomic E-state index is 0.177. The third-order valence-corrected chi connectivity index (χ3v) is 7.49. The molecule has 0 saturated carbocycles. The van der Waals surface area contributed by atoms with E-state index >= 15 is 0 Å². The fraction of sp³-hybridized carbons (Fsp3) is 0.0385. The first-order valence-electron chi connectivity index (χ1n) is 10.3. The number of nitrogens with two attached hydrogens (primary N) is 1. The number of fused-ring (bicyclic) bond motifs is 1. The molecule has 0 spiro atoms. The fourth-order valence-corrected chi connectivity index (χ4v) is 5.76. The summed E-state index contributed by atoms with van der Waals surface area (Å²) in [6, 6.07) is 30.4. The predicted octanol–water partition coefficient (Wildman–Crippen LogP) is 5.43. The first-order valence-corrected chi connectivity index (χ1v) is 12.0. The number of aromatic nitrogens is 2. The number of benzene rings is 3. The van der Waals surface area contributed by atoms with Crippen molar-refractivity contribution in [3.63, 3.8) is 0 Å². The van der Waals surface area contributed by atoms with Crippen LogP contribution >= 0.6 is 23.1 Å². The number of rotatable bonds is 6. The largest absolute Gasteiger partial charge is 0.368 e. The van der Waals surface area contributed by atoms with Crippen molar-refractivity contribution in [2.75, 3.05) is 0 Å². The maximum Gasteiger partial charge on any atom is 0.267 e. The van der Waals surface area contributed by atoms with Crippen molar-refractivity contribution in [1.82, 2.24) is 9.55 Å². The Labute approximate surface area is 198 Å². The lowest BCUT2D eigenvalue weighted by Gasteiger charge is -2.17. The molecular weight excluding hydrogens is 450 g/mol. The molecule has 0 saturated heterocycles. The third-order valence-electron chi connectivity index (χ3n) is 5.19. The Bertz CT molecular complexity index is 1480. The van der Waals surface area contributed by atoms with Crippen molar-refractivity contribution < 1.29 is 4.79 Å². The summed E-state index contributed by atoms with van der Waals surface area (Å²) in [5.41, 5.74) is 8.06. The smallest absolute Gasteiger partial charge is 0.267 e. The van der Waals surface area contributed by atoms with Gasteiger partial charge in [0.25, 0.3) is 5.56 Å². The molecule has 1 amide bonds. The highest BCUT2D eigenvalue weighted by molar-refractivity contribution is 8.00. The highest BCUT2D eigenvalue weighted by Gasteiger charge is 2.24. The van der Waals surface area contributed by atoms with Crippen LogP contribution in [0.2, 0.25) is 0 Å². The Balaban J connectivity index is 1.71. The zero-order valence-electron chi connectivity index (χ0n) is 17.4. The Kier molecular flexibility index (Phi) is 5.81. The van der Waals surface area contributed by atoms with Crippen LogP contribution in [0.3, 0.4) is 0 Å². The van der Waals surface area contributed by atoms with Gasteiger partial charge in [0.15, 0.2) is 5.16 Å². The number of hydrogen-bond acceptors (Lipinski definition) is 5. The third kappa shape index (κ3) is 4.20. The molecule has 0 bridgehead atoms. The van der Waals surface area contributed by atoms with Gasteiger partial charge < -0.3 is 5.73 Å². The van der Waals surface area contributed by atoms with Crippen molar-refractivity contribution in [1.29, 1.82) is 0 Å². The molecule has 5 rings (SSSR count). The van der Waals surface area contributed by atoms with Crippen molar-refractivity contribution >= 4 is 39.2 Å². The summed E-state index contributed by atoms with van der Waals surface area (Å²) < 4.78 is 1.56. The number of para-hydroxylation sites is 1. The lowest BCUT2D eigenvalue weighted by atomic mass is 10.1. The molecule has 2 heterocycles. The highest BCUT2D eigenvalue weighted by Crippen LogP contribution is 2.37. The molecule has 3 aromatic carbocycles. The molecular formula is C26H19N3O2S2. The van der Waals surface area contributed by atoms with Gasteiger partial charge in [0, 0.05) is 4.88 Å². The van der Waals surface area contributed by atoms with E-state index in [2.05, 4.69) is 0 Å². The van der Waals surface area contributed by atoms with Gasteiger partial charge in [0.2, 0.25) is 5.91 Å². The highest BCUT2D eigenvalue weighted by atomic mass is 32.2. The Morgan fingerprint density at radius 3 is 2.15 bits per heavy atom. The molecule has 2 N–H and O–H groups in total. The van der Waals surface area contributed by atoms with Gasteiger partial charge in [-0.3, -0.25) is 14.2 Å². The van der Waals surface area contributed by atoms with Crippen LogP contribution in [0.1, 0.15) is 10.8 Å². The van der Waals surface area contributed by atoms with E-state index in [0.29, 0.717) is 21.1 Å². The molecule has 33 heavy (non-hydrogen) atoms.